The number of H-pyrrole nitrogens is 1. The summed E-state index contributed by atoms with van der Waals surface area (Å²) in [5, 5.41) is 12.6. The molecule has 0 radical (unpaired) electrons. The van der Waals surface area contributed by atoms with E-state index in [1.807, 2.05) is 48.7 Å². The number of benzene rings is 1. The fourth-order valence-corrected chi connectivity index (χ4v) is 3.55. The van der Waals surface area contributed by atoms with Gasteiger partial charge in [0, 0.05) is 10.4 Å². The number of thiophene rings is 1. The number of ether oxygens (including phenoxy) is 1. The Kier molecular flexibility index (Phi) is 5.72. The third kappa shape index (κ3) is 4.61. The first-order chi connectivity index (χ1) is 12.2. The summed E-state index contributed by atoms with van der Waals surface area (Å²) in [6.45, 7) is 1.98. The van der Waals surface area contributed by atoms with Gasteiger partial charge in [-0.05, 0) is 42.6 Å². The Morgan fingerprint density at radius 3 is 2.84 bits per heavy atom. The van der Waals surface area contributed by atoms with Gasteiger partial charge in [0.15, 0.2) is 5.82 Å². The van der Waals surface area contributed by atoms with Crippen LogP contribution in [0.3, 0.4) is 0 Å². The molecular formula is C17H18N4O2S2. The van der Waals surface area contributed by atoms with Gasteiger partial charge in [-0.15, -0.1) is 16.4 Å². The third-order valence-corrected chi connectivity index (χ3v) is 5.41. The van der Waals surface area contributed by atoms with Gasteiger partial charge in [-0.2, -0.15) is 0 Å². The number of aromatic amines is 1. The summed E-state index contributed by atoms with van der Waals surface area (Å²) in [6.07, 6.45) is 0. The SMILES string of the molecule is COc1ccc(-c2nc(SCC(=O)N[C@H](C)c3cccs3)n[nH]2)cc1. The van der Waals surface area contributed by atoms with Crippen LogP contribution < -0.4 is 10.1 Å². The highest BCUT2D eigenvalue weighted by molar-refractivity contribution is 7.99. The number of nitrogens with one attached hydrogen (secondary N) is 2. The topological polar surface area (TPSA) is 79.9 Å². The molecule has 25 heavy (non-hydrogen) atoms. The number of amides is 1. The van der Waals surface area contributed by atoms with E-state index >= 15 is 0 Å². The van der Waals surface area contributed by atoms with E-state index in [1.54, 1.807) is 18.4 Å². The van der Waals surface area contributed by atoms with Crippen molar-refractivity contribution in [3.8, 4) is 17.1 Å². The molecule has 8 heteroatoms. The fourth-order valence-electron chi connectivity index (χ4n) is 2.21. The standard InChI is InChI=1S/C17H18N4O2S2/c1-11(14-4-3-9-24-14)18-15(22)10-25-17-19-16(20-21-17)12-5-7-13(23-2)8-6-12/h3-9,11H,10H2,1-2H3,(H,18,22)(H,19,20,21)/t11-/m1/s1. The number of carbonyl (C=O) groups is 1. The summed E-state index contributed by atoms with van der Waals surface area (Å²) in [4.78, 5) is 17.6. The van der Waals surface area contributed by atoms with Crippen LogP contribution in [0.2, 0.25) is 0 Å². The zero-order valence-electron chi connectivity index (χ0n) is 13.9. The third-order valence-electron chi connectivity index (χ3n) is 3.51. The predicted molar refractivity (Wildman–Crippen MR) is 100.0 cm³/mol. The lowest BCUT2D eigenvalue weighted by Gasteiger charge is -2.11. The molecule has 6 nitrogen and oxygen atoms in total. The number of hydrogen-bond donors (Lipinski definition) is 2. The number of aromatic nitrogens is 3. The first kappa shape index (κ1) is 17.5. The molecule has 0 aliphatic carbocycles. The van der Waals surface area contributed by atoms with Crippen molar-refractivity contribution >= 4 is 29.0 Å². The molecule has 0 saturated heterocycles. The quantitative estimate of drug-likeness (QED) is 0.619. The number of rotatable bonds is 7. The van der Waals surface area contributed by atoms with Gasteiger partial charge in [0.1, 0.15) is 5.75 Å². The molecule has 0 spiro atoms. The molecule has 0 saturated carbocycles. The normalized spacial score (nSPS) is 11.9. The van der Waals surface area contributed by atoms with Crippen LogP contribution in [-0.4, -0.2) is 34.0 Å². The number of hydrogen-bond acceptors (Lipinski definition) is 6. The zero-order valence-corrected chi connectivity index (χ0v) is 15.5. The number of carbonyl (C=O) groups excluding carboxylic acids is 1. The average molecular weight is 374 g/mol. The van der Waals surface area contributed by atoms with Crippen molar-refractivity contribution < 1.29 is 9.53 Å². The van der Waals surface area contributed by atoms with E-state index in [1.165, 1.54) is 11.8 Å². The molecule has 3 aromatic rings. The average Bonchev–Trinajstić information content (AvgIpc) is 3.32. The van der Waals surface area contributed by atoms with Gasteiger partial charge in [0.05, 0.1) is 18.9 Å². The zero-order chi connectivity index (χ0) is 17.6. The van der Waals surface area contributed by atoms with Gasteiger partial charge >= 0.3 is 0 Å². The van der Waals surface area contributed by atoms with E-state index < -0.39 is 0 Å². The summed E-state index contributed by atoms with van der Waals surface area (Å²) >= 11 is 2.93. The highest BCUT2D eigenvalue weighted by atomic mass is 32.2. The maximum atomic E-state index is 12.1. The van der Waals surface area contributed by atoms with Crippen molar-refractivity contribution in [2.75, 3.05) is 12.9 Å². The van der Waals surface area contributed by atoms with Crippen LogP contribution in [0.1, 0.15) is 17.8 Å². The van der Waals surface area contributed by atoms with Crippen molar-refractivity contribution in [3.05, 3.63) is 46.7 Å². The minimum absolute atomic E-state index is 0.00935. The predicted octanol–water partition coefficient (Wildman–Crippen LogP) is 3.51. The molecule has 130 valence electrons. The summed E-state index contributed by atoms with van der Waals surface area (Å²) in [5.74, 6) is 1.68. The van der Waals surface area contributed by atoms with Crippen LogP contribution in [0.25, 0.3) is 11.4 Å². The Bertz CT molecular complexity index is 816. The van der Waals surface area contributed by atoms with Crippen molar-refractivity contribution in [2.24, 2.45) is 0 Å². The minimum Gasteiger partial charge on any atom is -0.497 e. The highest BCUT2D eigenvalue weighted by Crippen LogP contribution is 2.22. The monoisotopic (exact) mass is 374 g/mol. The molecule has 0 fully saturated rings. The van der Waals surface area contributed by atoms with Gasteiger partial charge in [0.2, 0.25) is 11.1 Å². The van der Waals surface area contributed by atoms with E-state index in [0.717, 1.165) is 16.2 Å². The maximum absolute atomic E-state index is 12.1. The molecule has 1 amide bonds. The van der Waals surface area contributed by atoms with Gasteiger partial charge < -0.3 is 10.1 Å². The molecule has 1 atom stereocenters. The minimum atomic E-state index is -0.0401. The Balaban J connectivity index is 1.53. The van der Waals surface area contributed by atoms with Crippen molar-refractivity contribution in [3.63, 3.8) is 0 Å². The number of thioether (sulfide) groups is 1. The molecule has 3 rings (SSSR count). The summed E-state index contributed by atoms with van der Waals surface area (Å²) in [6, 6.07) is 11.5. The van der Waals surface area contributed by atoms with E-state index in [-0.39, 0.29) is 17.7 Å². The van der Waals surface area contributed by atoms with Crippen molar-refractivity contribution in [1.82, 2.24) is 20.5 Å². The second-order valence-electron chi connectivity index (χ2n) is 5.29. The van der Waals surface area contributed by atoms with Gasteiger partial charge in [-0.25, -0.2) is 4.98 Å². The van der Waals surface area contributed by atoms with Gasteiger partial charge in [0.25, 0.3) is 0 Å². The summed E-state index contributed by atoms with van der Waals surface area (Å²) < 4.78 is 5.14. The van der Waals surface area contributed by atoms with E-state index in [4.69, 9.17) is 4.74 Å². The van der Waals surface area contributed by atoms with Crippen LogP contribution in [0.15, 0.2) is 46.9 Å². The van der Waals surface area contributed by atoms with Crippen LogP contribution in [0, 0.1) is 0 Å². The van der Waals surface area contributed by atoms with Crippen LogP contribution in [0.5, 0.6) is 5.75 Å². The Morgan fingerprint density at radius 2 is 2.16 bits per heavy atom. The van der Waals surface area contributed by atoms with Crippen molar-refractivity contribution in [1.29, 1.82) is 0 Å². The molecule has 0 bridgehead atoms. The molecule has 2 heterocycles. The highest BCUT2D eigenvalue weighted by Gasteiger charge is 2.12. The maximum Gasteiger partial charge on any atom is 0.230 e. The molecule has 2 N–H and O–H groups in total. The molecule has 2 aromatic heterocycles. The number of methoxy groups -OCH3 is 1. The van der Waals surface area contributed by atoms with Crippen LogP contribution >= 0.6 is 23.1 Å². The first-order valence-corrected chi connectivity index (χ1v) is 9.54. The lowest BCUT2D eigenvalue weighted by molar-refractivity contribution is -0.119. The molecule has 0 unspecified atom stereocenters. The molecular weight excluding hydrogens is 356 g/mol. The first-order valence-electron chi connectivity index (χ1n) is 7.68. The number of nitrogens with zero attached hydrogens (tertiary/aromatic N) is 2. The van der Waals surface area contributed by atoms with E-state index in [2.05, 4.69) is 20.5 Å². The van der Waals surface area contributed by atoms with Crippen LogP contribution in [0.4, 0.5) is 0 Å². The lowest BCUT2D eigenvalue weighted by Crippen LogP contribution is -2.27. The largest absolute Gasteiger partial charge is 0.497 e. The summed E-state index contributed by atoms with van der Waals surface area (Å²) in [5.41, 5.74) is 0.913. The molecule has 1 aromatic carbocycles. The van der Waals surface area contributed by atoms with E-state index in [0.29, 0.717) is 11.0 Å². The Hall–Kier alpha value is -2.32. The molecule has 0 aliphatic rings. The smallest absolute Gasteiger partial charge is 0.230 e. The summed E-state index contributed by atoms with van der Waals surface area (Å²) in [7, 11) is 1.63. The Labute approximate surface area is 154 Å². The van der Waals surface area contributed by atoms with Gasteiger partial charge in [-0.1, -0.05) is 17.8 Å². The molecule has 0 aliphatic heterocycles. The second-order valence-corrected chi connectivity index (χ2v) is 7.21. The van der Waals surface area contributed by atoms with Crippen LogP contribution in [-0.2, 0) is 4.79 Å². The fraction of sp³-hybridized carbons (Fsp3) is 0.235. The lowest BCUT2D eigenvalue weighted by atomic mass is 10.2. The second kappa shape index (κ2) is 8.17. The van der Waals surface area contributed by atoms with Crippen molar-refractivity contribution in [2.45, 2.75) is 18.1 Å². The Morgan fingerprint density at radius 1 is 1.36 bits per heavy atom. The van der Waals surface area contributed by atoms with Gasteiger partial charge in [-0.3, -0.25) is 9.89 Å². The van der Waals surface area contributed by atoms with E-state index in [9.17, 15) is 4.79 Å².